The van der Waals surface area contributed by atoms with Crippen molar-refractivity contribution >= 4 is 27.5 Å². The van der Waals surface area contributed by atoms with E-state index >= 15 is 0 Å². The number of aromatic amines is 1. The Balaban J connectivity index is 1.13. The molecule has 1 saturated carbocycles. The Kier molecular flexibility index (Phi) is 5.86. The number of piperazine rings is 1. The van der Waals surface area contributed by atoms with Crippen molar-refractivity contribution in [1.29, 1.82) is 0 Å². The van der Waals surface area contributed by atoms with Crippen LogP contribution in [0.4, 0.5) is 23.2 Å². The molecule has 0 radical (unpaired) electrons. The number of alkyl halides is 3. The number of para-hydroxylation sites is 1. The lowest BCUT2D eigenvalue weighted by atomic mass is 9.81. The SMILES string of the molecule is Fc1ccc2[nH]cc(C3CCC(N4CCN(c5cc(C(F)(F)F)nc6ccccc56)CC4)CC3)c2c1. The average Bonchev–Trinajstić information content (AvgIpc) is 3.31. The Morgan fingerprint density at radius 1 is 0.861 bits per heavy atom. The topological polar surface area (TPSA) is 35.2 Å². The Morgan fingerprint density at radius 2 is 1.61 bits per heavy atom. The van der Waals surface area contributed by atoms with E-state index in [9.17, 15) is 17.6 Å². The largest absolute Gasteiger partial charge is 0.433 e. The van der Waals surface area contributed by atoms with Crippen LogP contribution in [0.1, 0.15) is 42.9 Å². The molecule has 188 valence electrons. The molecule has 2 aromatic heterocycles. The zero-order valence-corrected chi connectivity index (χ0v) is 19.9. The molecule has 1 aliphatic heterocycles. The quantitative estimate of drug-likeness (QED) is 0.320. The molecule has 0 amide bonds. The molecule has 1 aliphatic carbocycles. The van der Waals surface area contributed by atoms with Crippen molar-refractivity contribution in [1.82, 2.24) is 14.9 Å². The molecule has 6 rings (SSSR count). The number of aromatic nitrogens is 2. The standard InChI is InChI=1S/C28H28F4N4/c29-19-7-10-24-22(15-19)23(17-33-24)18-5-8-20(9-6-18)35-11-13-36(14-12-35)26-16-27(28(30,31)32)34-25-4-2-1-3-21(25)26/h1-4,7,10,15-18,20,33H,5-6,8-9,11-14H2. The first-order valence-corrected chi connectivity index (χ1v) is 12.6. The molecule has 0 bridgehead atoms. The maximum absolute atomic E-state index is 13.8. The highest BCUT2D eigenvalue weighted by Gasteiger charge is 2.35. The van der Waals surface area contributed by atoms with E-state index in [-0.39, 0.29) is 5.82 Å². The minimum Gasteiger partial charge on any atom is -0.368 e. The summed E-state index contributed by atoms with van der Waals surface area (Å²) in [7, 11) is 0. The van der Waals surface area contributed by atoms with Crippen LogP contribution in [0.25, 0.3) is 21.8 Å². The average molecular weight is 497 g/mol. The molecule has 8 heteroatoms. The number of nitrogens with zero attached hydrogens (tertiary/aromatic N) is 3. The maximum atomic E-state index is 13.8. The lowest BCUT2D eigenvalue weighted by Gasteiger charge is -2.43. The molecule has 2 aliphatic rings. The van der Waals surface area contributed by atoms with E-state index in [1.165, 1.54) is 17.7 Å². The van der Waals surface area contributed by atoms with Crippen LogP contribution in [-0.4, -0.2) is 47.1 Å². The molecule has 4 nitrogen and oxygen atoms in total. The van der Waals surface area contributed by atoms with Crippen molar-refractivity contribution in [3.63, 3.8) is 0 Å². The van der Waals surface area contributed by atoms with Gasteiger partial charge in [0.25, 0.3) is 0 Å². The summed E-state index contributed by atoms with van der Waals surface area (Å²) in [4.78, 5) is 11.7. The highest BCUT2D eigenvalue weighted by molar-refractivity contribution is 5.92. The first-order chi connectivity index (χ1) is 17.4. The van der Waals surface area contributed by atoms with Crippen molar-refractivity contribution in [3.8, 4) is 0 Å². The zero-order valence-electron chi connectivity index (χ0n) is 19.9. The second-order valence-electron chi connectivity index (χ2n) is 10.0. The molecule has 1 N–H and O–H groups in total. The summed E-state index contributed by atoms with van der Waals surface area (Å²) in [5.74, 6) is 0.210. The molecular weight excluding hydrogens is 468 g/mol. The molecule has 2 aromatic carbocycles. The van der Waals surface area contributed by atoms with Crippen molar-refractivity contribution in [2.75, 3.05) is 31.1 Å². The first kappa shape index (κ1) is 23.3. The van der Waals surface area contributed by atoms with Crippen molar-refractivity contribution in [3.05, 3.63) is 71.8 Å². The van der Waals surface area contributed by atoms with Gasteiger partial charge in [-0.25, -0.2) is 9.37 Å². The summed E-state index contributed by atoms with van der Waals surface area (Å²) in [5.41, 5.74) is 2.33. The van der Waals surface area contributed by atoms with E-state index in [4.69, 9.17) is 0 Å². The molecule has 0 spiro atoms. The van der Waals surface area contributed by atoms with Crippen LogP contribution in [0.5, 0.6) is 0 Å². The van der Waals surface area contributed by atoms with Gasteiger partial charge in [0.2, 0.25) is 0 Å². The van der Waals surface area contributed by atoms with E-state index in [2.05, 4.69) is 19.8 Å². The number of nitrogens with one attached hydrogen (secondary N) is 1. The predicted molar refractivity (Wildman–Crippen MR) is 134 cm³/mol. The molecule has 36 heavy (non-hydrogen) atoms. The van der Waals surface area contributed by atoms with Gasteiger partial charge < -0.3 is 9.88 Å². The van der Waals surface area contributed by atoms with Crippen LogP contribution in [0.15, 0.2) is 54.7 Å². The number of H-pyrrole nitrogens is 1. The fourth-order valence-electron chi connectivity index (χ4n) is 6.10. The van der Waals surface area contributed by atoms with Gasteiger partial charge in [-0.15, -0.1) is 0 Å². The monoisotopic (exact) mass is 496 g/mol. The van der Waals surface area contributed by atoms with Gasteiger partial charge in [-0.2, -0.15) is 13.2 Å². The fraction of sp³-hybridized carbons (Fsp3) is 0.393. The summed E-state index contributed by atoms with van der Waals surface area (Å²) < 4.78 is 54.3. The highest BCUT2D eigenvalue weighted by atomic mass is 19.4. The summed E-state index contributed by atoms with van der Waals surface area (Å²) >= 11 is 0. The number of hydrogen-bond donors (Lipinski definition) is 1. The Morgan fingerprint density at radius 3 is 2.36 bits per heavy atom. The van der Waals surface area contributed by atoms with Crippen LogP contribution in [0.2, 0.25) is 0 Å². The third-order valence-corrected chi connectivity index (χ3v) is 7.97. The van der Waals surface area contributed by atoms with Crippen LogP contribution in [-0.2, 0) is 6.18 Å². The minimum atomic E-state index is -4.48. The van der Waals surface area contributed by atoms with E-state index in [1.807, 2.05) is 18.3 Å². The maximum Gasteiger partial charge on any atom is 0.433 e. The van der Waals surface area contributed by atoms with Gasteiger partial charge in [0.1, 0.15) is 11.5 Å². The van der Waals surface area contributed by atoms with E-state index < -0.39 is 11.9 Å². The second kappa shape index (κ2) is 9.07. The van der Waals surface area contributed by atoms with Gasteiger partial charge in [-0.1, -0.05) is 18.2 Å². The van der Waals surface area contributed by atoms with E-state index in [1.54, 1.807) is 24.3 Å². The Labute approximate surface area is 206 Å². The Bertz CT molecular complexity index is 1380. The molecular formula is C28H28F4N4. The fourth-order valence-corrected chi connectivity index (χ4v) is 6.10. The molecule has 0 atom stereocenters. The third kappa shape index (κ3) is 4.32. The van der Waals surface area contributed by atoms with Gasteiger partial charge in [0.15, 0.2) is 0 Å². The highest BCUT2D eigenvalue weighted by Crippen LogP contribution is 2.39. The van der Waals surface area contributed by atoms with Crippen LogP contribution < -0.4 is 4.90 Å². The van der Waals surface area contributed by atoms with E-state index in [0.717, 1.165) is 55.1 Å². The number of fused-ring (bicyclic) bond motifs is 2. The summed E-state index contributed by atoms with van der Waals surface area (Å²) in [5, 5.41) is 1.74. The normalized spacial score (nSPS) is 21.9. The Hall–Kier alpha value is -3.13. The lowest BCUT2D eigenvalue weighted by Crippen LogP contribution is -2.51. The van der Waals surface area contributed by atoms with Crippen molar-refractivity contribution in [2.24, 2.45) is 0 Å². The summed E-state index contributed by atoms with van der Waals surface area (Å²) in [6.07, 6.45) is 1.81. The molecule has 0 unspecified atom stereocenters. The van der Waals surface area contributed by atoms with E-state index in [0.29, 0.717) is 36.3 Å². The van der Waals surface area contributed by atoms with Gasteiger partial charge >= 0.3 is 6.18 Å². The first-order valence-electron chi connectivity index (χ1n) is 12.6. The van der Waals surface area contributed by atoms with Gasteiger partial charge in [0, 0.05) is 60.4 Å². The second-order valence-corrected chi connectivity index (χ2v) is 10.0. The van der Waals surface area contributed by atoms with Gasteiger partial charge in [0.05, 0.1) is 5.52 Å². The summed E-state index contributed by atoms with van der Waals surface area (Å²) in [6.45, 7) is 3.02. The molecule has 1 saturated heterocycles. The summed E-state index contributed by atoms with van der Waals surface area (Å²) in [6, 6.07) is 13.6. The number of hydrogen-bond acceptors (Lipinski definition) is 3. The minimum absolute atomic E-state index is 0.209. The molecule has 3 heterocycles. The van der Waals surface area contributed by atoms with Crippen LogP contribution in [0.3, 0.4) is 0 Å². The number of pyridine rings is 1. The molecule has 4 aromatic rings. The number of anilines is 1. The van der Waals surface area contributed by atoms with Gasteiger partial charge in [-0.3, -0.25) is 4.90 Å². The van der Waals surface area contributed by atoms with Crippen molar-refractivity contribution < 1.29 is 17.6 Å². The number of benzene rings is 2. The predicted octanol–water partition coefficient (Wildman–Crippen LogP) is 6.72. The third-order valence-electron chi connectivity index (χ3n) is 7.97. The number of rotatable bonds is 3. The van der Waals surface area contributed by atoms with Crippen LogP contribution in [0, 0.1) is 5.82 Å². The van der Waals surface area contributed by atoms with Gasteiger partial charge in [-0.05, 0) is 67.5 Å². The smallest absolute Gasteiger partial charge is 0.368 e. The number of halogens is 4. The van der Waals surface area contributed by atoms with Crippen molar-refractivity contribution in [2.45, 2.75) is 43.8 Å². The van der Waals surface area contributed by atoms with Crippen LogP contribution >= 0.6 is 0 Å². The zero-order chi connectivity index (χ0) is 24.9. The molecule has 2 fully saturated rings. The lowest BCUT2D eigenvalue weighted by molar-refractivity contribution is -0.140.